The van der Waals surface area contributed by atoms with Crippen LogP contribution in [0.3, 0.4) is 0 Å². The van der Waals surface area contributed by atoms with E-state index in [4.69, 9.17) is 0 Å². The second-order valence-electron chi connectivity index (χ2n) is 4.62. The summed E-state index contributed by atoms with van der Waals surface area (Å²) in [6.45, 7) is 0. The predicted octanol–water partition coefficient (Wildman–Crippen LogP) is 2.67. The van der Waals surface area contributed by atoms with Gasteiger partial charge in [-0.05, 0) is 23.3 Å². The Morgan fingerprint density at radius 2 is 1.25 bits per heavy atom. The molecule has 0 saturated carbocycles. The Hall–Kier alpha value is -2.55. The third kappa shape index (κ3) is 3.72. The molecule has 0 aromatic heterocycles. The van der Waals surface area contributed by atoms with E-state index in [9.17, 15) is 14.4 Å². The van der Waals surface area contributed by atoms with Crippen molar-refractivity contribution in [3.05, 3.63) is 70.8 Å². The summed E-state index contributed by atoms with van der Waals surface area (Å²) in [6, 6.07) is 14.0. The van der Waals surface area contributed by atoms with Crippen LogP contribution in [-0.2, 0) is 17.6 Å². The van der Waals surface area contributed by atoms with Crippen LogP contribution in [-0.4, -0.2) is 18.4 Å². The van der Waals surface area contributed by atoms with Gasteiger partial charge in [-0.3, -0.25) is 14.4 Å². The number of hydrogen-bond donors (Lipinski definition) is 0. The Bertz CT molecular complexity index is 589. The van der Waals surface area contributed by atoms with Crippen LogP contribution in [0.1, 0.15) is 31.8 Å². The maximum Gasteiger partial charge on any atom is 0.150 e. The molecule has 0 N–H and O–H groups in total. The van der Waals surface area contributed by atoms with Crippen LogP contribution in [0, 0.1) is 0 Å². The lowest BCUT2D eigenvalue weighted by molar-refractivity contribution is -0.117. The highest BCUT2D eigenvalue weighted by molar-refractivity contribution is 5.84. The molecule has 0 bridgehead atoms. The van der Waals surface area contributed by atoms with Gasteiger partial charge >= 0.3 is 0 Å². The van der Waals surface area contributed by atoms with Crippen LogP contribution in [0.5, 0.6) is 0 Å². The van der Waals surface area contributed by atoms with Crippen molar-refractivity contribution in [3.8, 4) is 0 Å². The minimum atomic E-state index is 0.0519. The molecule has 0 heterocycles. The van der Waals surface area contributed by atoms with Crippen LogP contribution in [0.25, 0.3) is 0 Å². The molecule has 0 amide bonds. The molecule has 0 fully saturated rings. The van der Waals surface area contributed by atoms with Gasteiger partial charge in [0.15, 0.2) is 0 Å². The summed E-state index contributed by atoms with van der Waals surface area (Å²) in [4.78, 5) is 33.4. The predicted molar refractivity (Wildman–Crippen MR) is 76.1 cm³/mol. The van der Waals surface area contributed by atoms with Crippen molar-refractivity contribution in [1.82, 2.24) is 0 Å². The molecule has 0 unspecified atom stereocenters. The molecule has 20 heavy (non-hydrogen) atoms. The molecule has 0 radical (unpaired) electrons. The molecule has 0 spiro atoms. The largest absolute Gasteiger partial charge is 0.299 e. The van der Waals surface area contributed by atoms with Gasteiger partial charge in [0.25, 0.3) is 0 Å². The van der Waals surface area contributed by atoms with Crippen molar-refractivity contribution in [3.63, 3.8) is 0 Å². The fourth-order valence-electron chi connectivity index (χ4n) is 2.07. The Balaban J connectivity index is 2.04. The highest BCUT2D eigenvalue weighted by atomic mass is 16.1. The number of benzene rings is 2. The van der Waals surface area contributed by atoms with Crippen LogP contribution in [0.2, 0.25) is 0 Å². The highest BCUT2D eigenvalue weighted by Gasteiger charge is 2.06. The van der Waals surface area contributed by atoms with Gasteiger partial charge in [0.1, 0.15) is 18.4 Å². The Morgan fingerprint density at radius 3 is 1.65 bits per heavy atom. The molecule has 0 saturated heterocycles. The quantitative estimate of drug-likeness (QED) is 0.755. The van der Waals surface area contributed by atoms with Crippen molar-refractivity contribution < 1.29 is 14.4 Å². The van der Waals surface area contributed by atoms with E-state index < -0.39 is 0 Å². The Labute approximate surface area is 117 Å². The molecule has 0 aliphatic rings. The van der Waals surface area contributed by atoms with E-state index in [2.05, 4.69) is 0 Å². The standard InChI is InChI=1S/C17H14O3/c18-11-15-5-1-3-13(7-15)9-17(20)10-14-4-2-6-16(8-14)12-19/h1-8,11-12H,9-10H2. The average Bonchev–Trinajstić information content (AvgIpc) is 2.47. The van der Waals surface area contributed by atoms with Crippen molar-refractivity contribution in [1.29, 1.82) is 0 Å². The van der Waals surface area contributed by atoms with E-state index in [0.717, 1.165) is 23.7 Å². The summed E-state index contributed by atoms with van der Waals surface area (Å²) in [6.07, 6.45) is 2.10. The normalized spacial score (nSPS) is 10.0. The lowest BCUT2D eigenvalue weighted by Gasteiger charge is -2.03. The minimum absolute atomic E-state index is 0.0519. The zero-order chi connectivity index (χ0) is 14.4. The van der Waals surface area contributed by atoms with E-state index in [0.29, 0.717) is 11.1 Å². The smallest absolute Gasteiger partial charge is 0.150 e. The number of carbonyl (C=O) groups excluding carboxylic acids is 3. The number of carbonyl (C=O) groups is 3. The molecule has 0 aliphatic carbocycles. The van der Waals surface area contributed by atoms with Crippen LogP contribution in [0.15, 0.2) is 48.5 Å². The Kier molecular flexibility index (Phi) is 4.56. The molecular weight excluding hydrogens is 252 g/mol. The minimum Gasteiger partial charge on any atom is -0.299 e. The monoisotopic (exact) mass is 266 g/mol. The van der Waals surface area contributed by atoms with Crippen molar-refractivity contribution in [2.45, 2.75) is 12.8 Å². The zero-order valence-electron chi connectivity index (χ0n) is 10.9. The molecule has 2 rings (SSSR count). The van der Waals surface area contributed by atoms with Crippen LogP contribution >= 0.6 is 0 Å². The molecule has 2 aromatic carbocycles. The number of Topliss-reactive ketones (excluding diaryl/α,β-unsaturated/α-hetero) is 1. The Morgan fingerprint density at radius 1 is 0.800 bits per heavy atom. The number of hydrogen-bond acceptors (Lipinski definition) is 3. The molecular formula is C17H14O3. The number of aldehydes is 2. The second-order valence-corrected chi connectivity index (χ2v) is 4.62. The highest BCUT2D eigenvalue weighted by Crippen LogP contribution is 2.09. The summed E-state index contributed by atoms with van der Waals surface area (Å²) < 4.78 is 0. The topological polar surface area (TPSA) is 51.2 Å². The van der Waals surface area contributed by atoms with E-state index in [1.165, 1.54) is 0 Å². The van der Waals surface area contributed by atoms with Crippen molar-refractivity contribution >= 4 is 18.4 Å². The third-order valence-corrected chi connectivity index (χ3v) is 2.98. The maximum absolute atomic E-state index is 12.0. The van der Waals surface area contributed by atoms with Crippen molar-refractivity contribution in [2.75, 3.05) is 0 Å². The third-order valence-electron chi connectivity index (χ3n) is 2.98. The first-order valence-electron chi connectivity index (χ1n) is 6.31. The van der Waals surface area contributed by atoms with Crippen LogP contribution in [0.4, 0.5) is 0 Å². The lowest BCUT2D eigenvalue weighted by atomic mass is 10.0. The average molecular weight is 266 g/mol. The maximum atomic E-state index is 12.0. The van der Waals surface area contributed by atoms with Gasteiger partial charge in [0.05, 0.1) is 0 Å². The van der Waals surface area contributed by atoms with E-state index in [1.807, 2.05) is 12.1 Å². The van der Waals surface area contributed by atoms with E-state index >= 15 is 0 Å². The molecule has 3 nitrogen and oxygen atoms in total. The molecule has 2 aromatic rings. The van der Waals surface area contributed by atoms with Gasteiger partial charge in [-0.15, -0.1) is 0 Å². The first-order valence-corrected chi connectivity index (χ1v) is 6.31. The molecule has 3 heteroatoms. The number of rotatable bonds is 6. The van der Waals surface area contributed by atoms with Gasteiger partial charge in [-0.1, -0.05) is 36.4 Å². The lowest BCUT2D eigenvalue weighted by Crippen LogP contribution is -2.07. The summed E-state index contributed by atoms with van der Waals surface area (Å²) in [7, 11) is 0. The SMILES string of the molecule is O=Cc1cccc(CC(=O)Cc2cccc(C=O)c2)c1. The molecule has 100 valence electrons. The van der Waals surface area contributed by atoms with E-state index in [-0.39, 0.29) is 18.6 Å². The van der Waals surface area contributed by atoms with Gasteiger partial charge in [-0.2, -0.15) is 0 Å². The number of ketones is 1. The van der Waals surface area contributed by atoms with Crippen LogP contribution < -0.4 is 0 Å². The van der Waals surface area contributed by atoms with E-state index in [1.54, 1.807) is 36.4 Å². The summed E-state index contributed by atoms with van der Waals surface area (Å²) in [5.41, 5.74) is 2.79. The van der Waals surface area contributed by atoms with Gasteiger partial charge < -0.3 is 0 Å². The first-order chi connectivity index (χ1) is 9.71. The zero-order valence-corrected chi connectivity index (χ0v) is 10.9. The fraction of sp³-hybridized carbons (Fsp3) is 0.118. The summed E-state index contributed by atoms with van der Waals surface area (Å²) in [5.74, 6) is 0.0519. The van der Waals surface area contributed by atoms with Gasteiger partial charge in [0.2, 0.25) is 0 Å². The summed E-state index contributed by atoms with van der Waals surface area (Å²) in [5, 5.41) is 0. The molecule has 0 atom stereocenters. The first kappa shape index (κ1) is 13.9. The molecule has 0 aliphatic heterocycles. The van der Waals surface area contributed by atoms with Gasteiger partial charge in [-0.25, -0.2) is 0 Å². The van der Waals surface area contributed by atoms with Gasteiger partial charge in [0, 0.05) is 24.0 Å². The van der Waals surface area contributed by atoms with Crippen molar-refractivity contribution in [2.24, 2.45) is 0 Å². The second kappa shape index (κ2) is 6.57. The summed E-state index contributed by atoms with van der Waals surface area (Å²) >= 11 is 0. The fourth-order valence-corrected chi connectivity index (χ4v) is 2.07.